The molecular formula is C5H9O4. The van der Waals surface area contributed by atoms with E-state index in [9.17, 15) is 9.90 Å². The van der Waals surface area contributed by atoms with Crippen molar-refractivity contribution in [3.05, 3.63) is 0 Å². The molecule has 9 heavy (non-hydrogen) atoms. The van der Waals surface area contributed by atoms with E-state index in [0.29, 0.717) is 0 Å². The molecule has 0 bridgehead atoms. The molecule has 0 amide bonds. The maximum Gasteiger partial charge on any atom is 0.302 e. The van der Waals surface area contributed by atoms with Gasteiger partial charge >= 0.3 is 5.97 Å². The second kappa shape index (κ2) is 4.29. The average molecular weight is 133 g/mol. The van der Waals surface area contributed by atoms with Gasteiger partial charge in [0.15, 0.2) is 0 Å². The molecule has 53 valence electrons. The third-order valence-electron chi connectivity index (χ3n) is 0.671. The monoisotopic (exact) mass is 133 g/mol. The Morgan fingerprint density at radius 1 is 1.78 bits per heavy atom. The normalized spacial score (nSPS) is 12.8. The van der Waals surface area contributed by atoms with Crippen molar-refractivity contribution in [2.75, 3.05) is 13.2 Å². The number of esters is 1. The number of hydrogen-bond donors (Lipinski definition) is 1. The van der Waals surface area contributed by atoms with Crippen LogP contribution >= 0.6 is 0 Å². The molecule has 1 N–H and O–H groups in total. The van der Waals surface area contributed by atoms with Crippen molar-refractivity contribution in [1.29, 1.82) is 0 Å². The Bertz CT molecular complexity index is 91.0. The molecule has 4 nitrogen and oxygen atoms in total. The summed E-state index contributed by atoms with van der Waals surface area (Å²) in [7, 11) is 0. The van der Waals surface area contributed by atoms with Crippen LogP contribution < -0.4 is 0 Å². The summed E-state index contributed by atoms with van der Waals surface area (Å²) in [5.41, 5.74) is 0. The molecule has 1 unspecified atom stereocenters. The number of aliphatic hydroxyl groups is 1. The van der Waals surface area contributed by atoms with Crippen LogP contribution in [0, 0.1) is 0 Å². The van der Waals surface area contributed by atoms with Gasteiger partial charge in [0.2, 0.25) is 0 Å². The summed E-state index contributed by atoms with van der Waals surface area (Å²) in [5, 5.41) is 18.3. The van der Waals surface area contributed by atoms with Crippen LogP contribution in [0.5, 0.6) is 0 Å². The van der Waals surface area contributed by atoms with Crippen molar-refractivity contribution in [3.8, 4) is 0 Å². The Kier molecular flexibility index (Phi) is 4.00. The summed E-state index contributed by atoms with van der Waals surface area (Å²) < 4.78 is 4.31. The second-order valence-electron chi connectivity index (χ2n) is 1.62. The summed E-state index contributed by atoms with van der Waals surface area (Å²) >= 11 is 0. The lowest BCUT2D eigenvalue weighted by atomic mass is 10.4. The average Bonchev–Trinajstić information content (AvgIpc) is 1.83. The van der Waals surface area contributed by atoms with Gasteiger partial charge in [0.25, 0.3) is 0 Å². The first-order valence-electron chi connectivity index (χ1n) is 2.56. The number of hydrogen-bond acceptors (Lipinski definition) is 3. The summed E-state index contributed by atoms with van der Waals surface area (Å²) in [6.07, 6.45) is -1.06. The predicted molar refractivity (Wildman–Crippen MR) is 28.2 cm³/mol. The summed E-state index contributed by atoms with van der Waals surface area (Å²) in [5.74, 6) is -0.484. The lowest BCUT2D eigenvalue weighted by Crippen LogP contribution is -2.20. The third kappa shape index (κ3) is 5.26. The topological polar surface area (TPSA) is 66.4 Å². The third-order valence-corrected chi connectivity index (χ3v) is 0.671. The Morgan fingerprint density at radius 3 is 2.67 bits per heavy atom. The van der Waals surface area contributed by atoms with Gasteiger partial charge in [-0.25, -0.2) is 5.11 Å². The van der Waals surface area contributed by atoms with Crippen LogP contribution in [0.4, 0.5) is 0 Å². The zero-order chi connectivity index (χ0) is 7.28. The lowest BCUT2D eigenvalue weighted by molar-refractivity contribution is -0.145. The molecule has 0 fully saturated rings. The molecule has 0 rings (SSSR count). The highest BCUT2D eigenvalue weighted by molar-refractivity contribution is 5.65. The fourth-order valence-electron chi connectivity index (χ4n) is 0.262. The molecule has 0 aromatic carbocycles. The van der Waals surface area contributed by atoms with Gasteiger partial charge in [0.05, 0.1) is 0 Å². The molecule has 0 aliphatic heterocycles. The Hall–Kier alpha value is -0.610. The van der Waals surface area contributed by atoms with E-state index >= 15 is 0 Å². The molecule has 4 heteroatoms. The lowest BCUT2D eigenvalue weighted by Gasteiger charge is -2.04. The molecule has 0 aromatic heterocycles. The first-order valence-corrected chi connectivity index (χ1v) is 2.56. The molecule has 0 aromatic rings. The molecular weight excluding hydrogens is 124 g/mol. The zero-order valence-corrected chi connectivity index (χ0v) is 5.16. The number of carbonyl (C=O) groups is 1. The molecule has 0 aliphatic carbocycles. The fraction of sp³-hybridized carbons (Fsp3) is 0.800. The van der Waals surface area contributed by atoms with E-state index in [1.807, 2.05) is 0 Å². The minimum Gasteiger partial charge on any atom is -0.463 e. The quantitative estimate of drug-likeness (QED) is 0.520. The van der Waals surface area contributed by atoms with E-state index in [1.54, 1.807) is 0 Å². The van der Waals surface area contributed by atoms with Crippen molar-refractivity contribution in [2.24, 2.45) is 0 Å². The molecule has 0 saturated carbocycles. The van der Waals surface area contributed by atoms with Crippen LogP contribution in [-0.2, 0) is 14.6 Å². The highest BCUT2D eigenvalue weighted by Gasteiger charge is 2.03. The smallest absolute Gasteiger partial charge is 0.302 e. The molecule has 0 spiro atoms. The van der Waals surface area contributed by atoms with Crippen LogP contribution in [0.15, 0.2) is 0 Å². The minimum absolute atomic E-state index is 0.196. The van der Waals surface area contributed by atoms with Crippen LogP contribution in [0.2, 0.25) is 0 Å². The summed E-state index contributed by atoms with van der Waals surface area (Å²) in [6, 6.07) is 0. The van der Waals surface area contributed by atoms with Gasteiger partial charge in [-0.2, -0.15) is 0 Å². The van der Waals surface area contributed by atoms with Gasteiger partial charge in [0, 0.05) is 6.92 Å². The molecule has 0 saturated heterocycles. The Labute approximate surface area is 53.1 Å². The second-order valence-corrected chi connectivity index (χ2v) is 1.62. The van der Waals surface area contributed by atoms with E-state index in [1.165, 1.54) is 6.92 Å². The van der Waals surface area contributed by atoms with Crippen molar-refractivity contribution in [1.82, 2.24) is 0 Å². The van der Waals surface area contributed by atoms with Crippen molar-refractivity contribution in [2.45, 2.75) is 13.0 Å². The predicted octanol–water partition coefficient (Wildman–Crippen LogP) is -0.659. The van der Waals surface area contributed by atoms with E-state index in [2.05, 4.69) is 4.74 Å². The number of carbonyl (C=O) groups excluding carboxylic acids is 1. The van der Waals surface area contributed by atoms with Gasteiger partial charge in [-0.3, -0.25) is 4.79 Å². The van der Waals surface area contributed by atoms with Gasteiger partial charge in [-0.05, 0) is 0 Å². The van der Waals surface area contributed by atoms with Crippen LogP contribution in [0.1, 0.15) is 6.92 Å². The van der Waals surface area contributed by atoms with E-state index in [-0.39, 0.29) is 6.61 Å². The Morgan fingerprint density at radius 2 is 2.33 bits per heavy atom. The SMILES string of the molecule is CC(=O)OCC(O)C[O]. The van der Waals surface area contributed by atoms with Gasteiger partial charge in [0.1, 0.15) is 19.3 Å². The van der Waals surface area contributed by atoms with Crippen molar-refractivity contribution < 1.29 is 19.7 Å². The molecule has 0 aliphatic rings. The highest BCUT2D eigenvalue weighted by atomic mass is 16.5. The van der Waals surface area contributed by atoms with E-state index < -0.39 is 18.7 Å². The summed E-state index contributed by atoms with van der Waals surface area (Å²) in [4.78, 5) is 10.0. The summed E-state index contributed by atoms with van der Waals surface area (Å²) in [6.45, 7) is 0.392. The highest BCUT2D eigenvalue weighted by Crippen LogP contribution is 1.83. The Balaban J connectivity index is 3.16. The van der Waals surface area contributed by atoms with Gasteiger partial charge in [-0.1, -0.05) is 0 Å². The van der Waals surface area contributed by atoms with Gasteiger partial charge < -0.3 is 9.84 Å². The first kappa shape index (κ1) is 8.39. The molecule has 1 atom stereocenters. The van der Waals surface area contributed by atoms with Crippen LogP contribution in [0.3, 0.4) is 0 Å². The fourth-order valence-corrected chi connectivity index (χ4v) is 0.262. The van der Waals surface area contributed by atoms with Crippen molar-refractivity contribution >= 4 is 5.97 Å². The molecule has 1 radical (unpaired) electrons. The minimum atomic E-state index is -1.06. The first-order chi connectivity index (χ1) is 4.16. The van der Waals surface area contributed by atoms with Crippen LogP contribution in [-0.4, -0.2) is 30.4 Å². The van der Waals surface area contributed by atoms with Gasteiger partial charge in [-0.15, -0.1) is 0 Å². The standard InChI is InChI=1S/C5H9O4/c1-4(7)9-3-5(8)2-6/h5,8H,2-3H2,1H3. The molecule has 0 heterocycles. The largest absolute Gasteiger partial charge is 0.463 e. The van der Waals surface area contributed by atoms with E-state index in [4.69, 9.17) is 5.11 Å². The maximum absolute atomic E-state index is 10.0. The number of rotatable bonds is 3. The van der Waals surface area contributed by atoms with Crippen molar-refractivity contribution in [3.63, 3.8) is 0 Å². The van der Waals surface area contributed by atoms with E-state index in [0.717, 1.165) is 0 Å². The van der Waals surface area contributed by atoms with Crippen LogP contribution in [0.25, 0.3) is 0 Å². The number of aliphatic hydroxyl groups excluding tert-OH is 1. The maximum atomic E-state index is 10.0. The zero-order valence-electron chi connectivity index (χ0n) is 5.16. The number of ether oxygens (including phenoxy) is 1.